The largest absolute Gasteiger partial charge is 0.511 e. The van der Waals surface area contributed by atoms with Crippen LogP contribution in [0.15, 0.2) is 48.5 Å². The number of anilines is 2. The number of fused-ring (bicyclic) bond motifs is 1. The molecule has 5 rings (SSSR count). The Morgan fingerprint density at radius 1 is 1.05 bits per heavy atom. The van der Waals surface area contributed by atoms with Gasteiger partial charge in [-0.1, -0.05) is 17.7 Å². The van der Waals surface area contributed by atoms with Crippen LogP contribution in [0, 0.1) is 13.8 Å². The molecule has 2 aliphatic rings. The van der Waals surface area contributed by atoms with Gasteiger partial charge in [-0.25, -0.2) is 14.1 Å². The van der Waals surface area contributed by atoms with E-state index in [-0.39, 0.29) is 28.3 Å². The molecule has 2 atom stereocenters. The lowest BCUT2D eigenvalue weighted by Crippen LogP contribution is -2.64. The fourth-order valence-electron chi connectivity index (χ4n) is 6.83. The van der Waals surface area contributed by atoms with Gasteiger partial charge in [0.05, 0.1) is 19.8 Å². The summed E-state index contributed by atoms with van der Waals surface area (Å²) in [6.07, 6.45) is 1.81. The van der Waals surface area contributed by atoms with Gasteiger partial charge >= 0.3 is 12.2 Å². The third-order valence-electron chi connectivity index (χ3n) is 8.87. The number of methoxy groups -OCH3 is 1. The molecule has 2 unspecified atom stereocenters. The van der Waals surface area contributed by atoms with Gasteiger partial charge in [-0.2, -0.15) is 0 Å². The third kappa shape index (κ3) is 5.63. The molecule has 1 aromatic heterocycles. The molecule has 1 fully saturated rings. The number of rotatable bonds is 6. The first-order chi connectivity index (χ1) is 20.0. The Morgan fingerprint density at radius 2 is 1.74 bits per heavy atom. The summed E-state index contributed by atoms with van der Waals surface area (Å²) in [7, 11) is 5.38. The van der Waals surface area contributed by atoms with E-state index < -0.39 is 6.16 Å². The Balaban J connectivity index is 1.52. The third-order valence-corrected chi connectivity index (χ3v) is 9.11. The molecular weight excluding hydrogens is 556 g/mol. The summed E-state index contributed by atoms with van der Waals surface area (Å²) in [5.41, 5.74) is 5.79. The smallest absolute Gasteiger partial charge is 0.495 e. The molecule has 1 N–H and O–H groups in total. The number of hydrogen-bond donors (Lipinski definition) is 1. The monoisotopic (exact) mass is 593 g/mol. The maximum absolute atomic E-state index is 14.8. The molecule has 9 nitrogen and oxygen atoms in total. The van der Waals surface area contributed by atoms with Crippen molar-refractivity contribution in [2.75, 3.05) is 44.1 Å². The van der Waals surface area contributed by atoms with Crippen LogP contribution in [0.1, 0.15) is 47.8 Å². The number of carboxylic acid groups (broad SMARTS) is 1. The molecule has 0 bridgehead atoms. The van der Waals surface area contributed by atoms with Crippen molar-refractivity contribution in [3.8, 4) is 11.5 Å². The van der Waals surface area contributed by atoms with Crippen LogP contribution in [-0.2, 0) is 6.42 Å². The van der Waals surface area contributed by atoms with E-state index >= 15 is 0 Å². The molecule has 2 amide bonds. The number of carbonyl (C=O) groups is 2. The van der Waals surface area contributed by atoms with E-state index in [1.807, 2.05) is 27.0 Å². The molecule has 42 heavy (non-hydrogen) atoms. The van der Waals surface area contributed by atoms with Crippen LogP contribution in [0.4, 0.5) is 21.0 Å². The highest BCUT2D eigenvalue weighted by molar-refractivity contribution is 6.31. The van der Waals surface area contributed by atoms with Crippen molar-refractivity contribution in [2.45, 2.75) is 51.6 Å². The van der Waals surface area contributed by atoms with Gasteiger partial charge in [0.2, 0.25) is 0 Å². The predicted octanol–water partition coefficient (Wildman–Crippen LogP) is 6.78. The molecule has 10 heteroatoms. The Bertz CT molecular complexity index is 1490. The zero-order valence-corrected chi connectivity index (χ0v) is 25.5. The van der Waals surface area contributed by atoms with E-state index in [1.165, 1.54) is 0 Å². The van der Waals surface area contributed by atoms with Gasteiger partial charge in [-0.15, -0.1) is 0 Å². The Hall–Kier alpha value is -3.82. The molecular formula is C32H38ClN4O5+. The molecule has 3 aromatic rings. The van der Waals surface area contributed by atoms with E-state index in [4.69, 9.17) is 21.1 Å². The number of halogens is 1. The average molecular weight is 594 g/mol. The lowest BCUT2D eigenvalue weighted by Gasteiger charge is -2.48. The van der Waals surface area contributed by atoms with Crippen LogP contribution >= 0.6 is 11.6 Å². The fraction of sp³-hybridized carbons (Fsp3) is 0.406. The van der Waals surface area contributed by atoms with Crippen LogP contribution in [0.5, 0.6) is 11.5 Å². The zero-order valence-electron chi connectivity index (χ0n) is 24.8. The maximum Gasteiger partial charge on any atom is 0.511 e. The minimum atomic E-state index is -1.36. The van der Waals surface area contributed by atoms with Crippen molar-refractivity contribution in [2.24, 2.45) is 0 Å². The molecule has 1 aliphatic heterocycles. The first-order valence-corrected chi connectivity index (χ1v) is 14.6. The van der Waals surface area contributed by atoms with Gasteiger partial charge in [0.15, 0.2) is 0 Å². The van der Waals surface area contributed by atoms with Crippen LogP contribution in [0.25, 0.3) is 0 Å². The Morgan fingerprint density at radius 3 is 2.38 bits per heavy atom. The number of pyridine rings is 1. The molecule has 0 saturated carbocycles. The van der Waals surface area contributed by atoms with Gasteiger partial charge < -0.3 is 19.5 Å². The predicted molar refractivity (Wildman–Crippen MR) is 163 cm³/mol. The van der Waals surface area contributed by atoms with Crippen molar-refractivity contribution in [1.29, 1.82) is 0 Å². The number of benzene rings is 2. The number of hydrogen-bond acceptors (Lipinski definition) is 6. The van der Waals surface area contributed by atoms with Crippen molar-refractivity contribution in [3.05, 3.63) is 76.1 Å². The first-order valence-electron chi connectivity index (χ1n) is 14.2. The number of carbonyl (C=O) groups excluding carboxylic acids is 1. The van der Waals surface area contributed by atoms with Crippen molar-refractivity contribution in [1.82, 2.24) is 4.98 Å². The van der Waals surface area contributed by atoms with E-state index in [9.17, 15) is 14.7 Å². The molecule has 2 aromatic carbocycles. The number of aromatic nitrogens is 1. The molecule has 1 aliphatic carbocycles. The Labute approximate surface area is 251 Å². The maximum atomic E-state index is 14.8. The van der Waals surface area contributed by atoms with E-state index in [0.29, 0.717) is 16.5 Å². The van der Waals surface area contributed by atoms with E-state index in [1.54, 1.807) is 49.4 Å². The number of aryl methyl sites for hydroxylation is 3. The molecule has 2 heterocycles. The summed E-state index contributed by atoms with van der Waals surface area (Å²) < 4.78 is 10.8. The number of amides is 2. The van der Waals surface area contributed by atoms with Gasteiger partial charge in [0.1, 0.15) is 23.6 Å². The second kappa shape index (κ2) is 11.8. The summed E-state index contributed by atoms with van der Waals surface area (Å²) in [5, 5.41) is 9.75. The average Bonchev–Trinajstić information content (AvgIpc) is 3.39. The van der Waals surface area contributed by atoms with Crippen LogP contribution in [-0.4, -0.2) is 67.1 Å². The highest BCUT2D eigenvalue weighted by atomic mass is 35.5. The second-order valence-corrected chi connectivity index (χ2v) is 11.9. The summed E-state index contributed by atoms with van der Waals surface area (Å²) in [4.78, 5) is 34.7. The summed E-state index contributed by atoms with van der Waals surface area (Å²) >= 11 is 6.36. The zero-order chi connectivity index (χ0) is 30.2. The normalized spacial score (nSPS) is 18.2. The van der Waals surface area contributed by atoms with Crippen molar-refractivity contribution >= 4 is 35.2 Å². The molecule has 1 saturated heterocycles. The number of piperidine rings is 1. The standard InChI is InChI=1S/C32H37ClN4O5/c1-20-16-24(17-21(2)34-20)36-14-12-25(13-15-36)37(4,31(38)35(3)28-18-23(33)8-11-30(28)41-5)29-10-7-22-6-9-26(19-27(22)29)42-32(39)40/h6,8-9,11,16-19,25,29H,7,10,12-15H2,1-5H3/p+1. The number of urea groups is 1. The SMILES string of the molecule is COc1ccc(Cl)cc1N(C)C(=O)[N+](C)(C1CCN(c2cc(C)nc(C)c2)CC1)C1CCc2ccc(OC(=O)O)cc21. The van der Waals surface area contributed by atoms with Crippen molar-refractivity contribution < 1.29 is 28.7 Å². The van der Waals surface area contributed by atoms with Crippen molar-refractivity contribution in [3.63, 3.8) is 0 Å². The second-order valence-electron chi connectivity index (χ2n) is 11.4. The quantitative estimate of drug-likeness (QED) is 0.191. The lowest BCUT2D eigenvalue weighted by atomic mass is 9.95. The molecule has 0 radical (unpaired) electrons. The summed E-state index contributed by atoms with van der Waals surface area (Å²) in [5.74, 6) is 0.819. The van der Waals surface area contributed by atoms with Gasteiger partial charge in [0, 0.05) is 67.1 Å². The summed E-state index contributed by atoms with van der Waals surface area (Å²) in [6.45, 7) is 5.63. The van der Waals surface area contributed by atoms with Gasteiger partial charge in [0.25, 0.3) is 0 Å². The highest BCUT2D eigenvalue weighted by Crippen LogP contribution is 2.46. The fourth-order valence-corrected chi connectivity index (χ4v) is 7.00. The topological polar surface area (TPSA) is 92.2 Å². The van der Waals surface area contributed by atoms with Crippen LogP contribution in [0.3, 0.4) is 0 Å². The minimum absolute atomic E-state index is 0.0189. The van der Waals surface area contributed by atoms with Crippen LogP contribution in [0.2, 0.25) is 5.02 Å². The number of ether oxygens (including phenoxy) is 2. The summed E-state index contributed by atoms with van der Waals surface area (Å²) in [6, 6.07) is 14.6. The number of nitrogens with zero attached hydrogens (tertiary/aromatic N) is 4. The van der Waals surface area contributed by atoms with E-state index in [0.717, 1.165) is 67.0 Å². The van der Waals surface area contributed by atoms with Crippen LogP contribution < -0.4 is 19.3 Å². The highest BCUT2D eigenvalue weighted by Gasteiger charge is 2.52. The molecule has 222 valence electrons. The minimum Gasteiger partial charge on any atom is -0.495 e. The van der Waals surface area contributed by atoms with Gasteiger partial charge in [-0.3, -0.25) is 9.88 Å². The Kier molecular flexibility index (Phi) is 8.35. The number of quaternary nitrogens is 1. The van der Waals surface area contributed by atoms with Gasteiger partial charge in [-0.05, 0) is 68.3 Å². The van der Waals surface area contributed by atoms with E-state index in [2.05, 4.69) is 22.0 Å². The first kappa shape index (κ1) is 29.7. The molecule has 0 spiro atoms. The lowest BCUT2D eigenvalue weighted by molar-refractivity contribution is -0.887.